The fourth-order valence-corrected chi connectivity index (χ4v) is 4.36. The first-order valence-electron chi connectivity index (χ1n) is 11.0. The standard InChI is InChI=1S/C26H30N4O2/c1-29(2)20-5-7-21(8-6-20)30(3)22-9-10-23-18(16-22)12-15-28-25(23)11-4-19-17-27-14-13-24(19)26(31)32/h5-10,13-14,16-17,25,28H,4,11-12,15H2,1-3H3,(H,31,32)/t25-/m1/s1. The van der Waals surface area contributed by atoms with E-state index in [9.17, 15) is 9.90 Å². The number of aryl methyl sites for hydroxylation is 1. The molecule has 0 saturated carbocycles. The van der Waals surface area contributed by atoms with Crippen molar-refractivity contribution in [3.63, 3.8) is 0 Å². The third-order valence-corrected chi connectivity index (χ3v) is 6.26. The van der Waals surface area contributed by atoms with E-state index in [1.807, 2.05) is 14.1 Å². The highest BCUT2D eigenvalue weighted by atomic mass is 16.4. The SMILES string of the molecule is CN(C)c1ccc(N(C)c2ccc3c(c2)CCN[C@@H]3CCc2cnccc2C(=O)O)cc1. The number of nitrogens with one attached hydrogen (secondary N) is 1. The number of anilines is 3. The number of aromatic carboxylic acids is 1. The van der Waals surface area contributed by atoms with Crippen molar-refractivity contribution in [2.24, 2.45) is 0 Å². The molecule has 3 aromatic rings. The number of carboxylic acids is 1. The first-order chi connectivity index (χ1) is 15.4. The Morgan fingerprint density at radius 1 is 1.06 bits per heavy atom. The molecule has 166 valence electrons. The second-order valence-corrected chi connectivity index (χ2v) is 8.49. The van der Waals surface area contributed by atoms with Crippen LogP contribution in [0.4, 0.5) is 17.1 Å². The van der Waals surface area contributed by atoms with Gasteiger partial charge in [-0.3, -0.25) is 4.98 Å². The summed E-state index contributed by atoms with van der Waals surface area (Å²) >= 11 is 0. The molecular weight excluding hydrogens is 400 g/mol. The minimum Gasteiger partial charge on any atom is -0.478 e. The predicted molar refractivity (Wildman–Crippen MR) is 129 cm³/mol. The molecule has 0 unspecified atom stereocenters. The number of hydrogen-bond donors (Lipinski definition) is 2. The Labute approximate surface area is 189 Å². The number of benzene rings is 2. The molecule has 0 saturated heterocycles. The Kier molecular flexibility index (Phi) is 6.42. The van der Waals surface area contributed by atoms with Gasteiger partial charge in [0.25, 0.3) is 0 Å². The van der Waals surface area contributed by atoms with E-state index < -0.39 is 5.97 Å². The molecule has 2 aromatic carbocycles. The van der Waals surface area contributed by atoms with Gasteiger partial charge in [-0.15, -0.1) is 0 Å². The molecule has 4 rings (SSSR count). The van der Waals surface area contributed by atoms with Crippen LogP contribution in [0.15, 0.2) is 60.9 Å². The highest BCUT2D eigenvalue weighted by Gasteiger charge is 2.21. The maximum atomic E-state index is 11.5. The van der Waals surface area contributed by atoms with Crippen molar-refractivity contribution in [1.29, 1.82) is 0 Å². The number of rotatable bonds is 7. The zero-order chi connectivity index (χ0) is 22.7. The summed E-state index contributed by atoms with van der Waals surface area (Å²) in [5.74, 6) is -0.898. The molecule has 0 spiro atoms. The molecule has 0 radical (unpaired) electrons. The normalized spacial score (nSPS) is 15.2. The number of carboxylic acid groups (broad SMARTS) is 1. The largest absolute Gasteiger partial charge is 0.478 e. The summed E-state index contributed by atoms with van der Waals surface area (Å²) in [4.78, 5) is 19.9. The fourth-order valence-electron chi connectivity index (χ4n) is 4.36. The fraction of sp³-hybridized carbons (Fsp3) is 0.308. The summed E-state index contributed by atoms with van der Waals surface area (Å²) in [6.07, 6.45) is 5.70. The summed E-state index contributed by atoms with van der Waals surface area (Å²) in [7, 11) is 6.19. The first kappa shape index (κ1) is 21.8. The average molecular weight is 431 g/mol. The Bertz CT molecular complexity index is 1100. The Hall–Kier alpha value is -3.38. The third-order valence-electron chi connectivity index (χ3n) is 6.26. The van der Waals surface area contributed by atoms with Gasteiger partial charge in [0.2, 0.25) is 0 Å². The number of nitrogens with zero attached hydrogens (tertiary/aromatic N) is 3. The summed E-state index contributed by atoms with van der Waals surface area (Å²) in [5, 5.41) is 13.0. The highest BCUT2D eigenvalue weighted by molar-refractivity contribution is 5.89. The van der Waals surface area contributed by atoms with Crippen LogP contribution in [0.25, 0.3) is 0 Å². The van der Waals surface area contributed by atoms with Gasteiger partial charge < -0.3 is 20.2 Å². The number of pyridine rings is 1. The number of hydrogen-bond acceptors (Lipinski definition) is 5. The van der Waals surface area contributed by atoms with E-state index in [1.165, 1.54) is 28.7 Å². The predicted octanol–water partition coefficient (Wildman–Crippen LogP) is 4.43. The summed E-state index contributed by atoms with van der Waals surface area (Å²) < 4.78 is 0. The lowest BCUT2D eigenvalue weighted by atomic mass is 9.89. The van der Waals surface area contributed by atoms with Crippen LogP contribution in [0.5, 0.6) is 0 Å². The maximum Gasteiger partial charge on any atom is 0.336 e. The number of aromatic nitrogens is 1. The van der Waals surface area contributed by atoms with Gasteiger partial charge in [-0.05, 0) is 85.0 Å². The van der Waals surface area contributed by atoms with Gasteiger partial charge in [0.05, 0.1) is 5.56 Å². The van der Waals surface area contributed by atoms with Gasteiger partial charge in [0.1, 0.15) is 0 Å². The smallest absolute Gasteiger partial charge is 0.336 e. The lowest BCUT2D eigenvalue weighted by Gasteiger charge is -2.29. The molecule has 32 heavy (non-hydrogen) atoms. The van der Waals surface area contributed by atoms with E-state index in [0.29, 0.717) is 12.0 Å². The van der Waals surface area contributed by atoms with Gasteiger partial charge in [0.15, 0.2) is 0 Å². The molecule has 1 aliphatic heterocycles. The van der Waals surface area contributed by atoms with Gasteiger partial charge in [-0.2, -0.15) is 0 Å². The summed E-state index contributed by atoms with van der Waals surface area (Å²) in [5.41, 5.74) is 7.28. The van der Waals surface area contributed by atoms with E-state index in [-0.39, 0.29) is 6.04 Å². The monoisotopic (exact) mass is 430 g/mol. The molecule has 0 bridgehead atoms. The molecule has 2 heterocycles. The summed E-state index contributed by atoms with van der Waals surface area (Å²) in [6.45, 7) is 0.918. The zero-order valence-corrected chi connectivity index (χ0v) is 18.9. The molecule has 2 N–H and O–H groups in total. The highest BCUT2D eigenvalue weighted by Crippen LogP contribution is 2.32. The lowest BCUT2D eigenvalue weighted by molar-refractivity contribution is 0.0695. The molecule has 1 aliphatic rings. The first-order valence-corrected chi connectivity index (χ1v) is 11.0. The van der Waals surface area contributed by atoms with Gasteiger partial charge in [-0.25, -0.2) is 4.79 Å². The van der Waals surface area contributed by atoms with Gasteiger partial charge in [0, 0.05) is 56.6 Å². The molecule has 1 atom stereocenters. The van der Waals surface area contributed by atoms with Crippen LogP contribution in [0.3, 0.4) is 0 Å². The van der Waals surface area contributed by atoms with Crippen molar-refractivity contribution in [3.05, 3.63) is 83.2 Å². The number of carbonyl (C=O) groups is 1. The van der Waals surface area contributed by atoms with Crippen molar-refractivity contribution < 1.29 is 9.90 Å². The van der Waals surface area contributed by atoms with Gasteiger partial charge in [-0.1, -0.05) is 6.07 Å². The van der Waals surface area contributed by atoms with Crippen LogP contribution >= 0.6 is 0 Å². The minimum atomic E-state index is -0.898. The zero-order valence-electron chi connectivity index (χ0n) is 18.9. The van der Waals surface area contributed by atoms with E-state index in [1.54, 1.807) is 12.3 Å². The topological polar surface area (TPSA) is 68.7 Å². The van der Waals surface area contributed by atoms with E-state index in [0.717, 1.165) is 30.6 Å². The summed E-state index contributed by atoms with van der Waals surface area (Å²) in [6, 6.07) is 17.0. The molecule has 6 nitrogen and oxygen atoms in total. The minimum absolute atomic E-state index is 0.208. The Morgan fingerprint density at radius 3 is 2.50 bits per heavy atom. The second-order valence-electron chi connectivity index (χ2n) is 8.49. The van der Waals surface area contributed by atoms with E-state index in [2.05, 4.69) is 69.6 Å². The average Bonchev–Trinajstić information content (AvgIpc) is 2.82. The van der Waals surface area contributed by atoms with Crippen molar-refractivity contribution >= 4 is 23.0 Å². The van der Waals surface area contributed by atoms with E-state index in [4.69, 9.17) is 0 Å². The van der Waals surface area contributed by atoms with Crippen LogP contribution in [0, 0.1) is 0 Å². The van der Waals surface area contributed by atoms with Gasteiger partial charge >= 0.3 is 5.97 Å². The molecule has 6 heteroatoms. The number of fused-ring (bicyclic) bond motifs is 1. The van der Waals surface area contributed by atoms with Crippen LogP contribution in [-0.4, -0.2) is 43.7 Å². The third kappa shape index (κ3) is 4.60. The molecule has 0 aliphatic carbocycles. The quantitative estimate of drug-likeness (QED) is 0.578. The molecule has 0 amide bonds. The van der Waals surface area contributed by atoms with Crippen LogP contribution in [0.1, 0.15) is 39.5 Å². The van der Waals surface area contributed by atoms with Crippen molar-refractivity contribution in [2.75, 3.05) is 37.5 Å². The molecule has 0 fully saturated rings. The molecule has 1 aromatic heterocycles. The maximum absolute atomic E-state index is 11.5. The molecular formula is C26H30N4O2. The lowest BCUT2D eigenvalue weighted by Crippen LogP contribution is -2.30. The Morgan fingerprint density at radius 2 is 1.78 bits per heavy atom. The van der Waals surface area contributed by atoms with Crippen LogP contribution < -0.4 is 15.1 Å². The van der Waals surface area contributed by atoms with Crippen molar-refractivity contribution in [1.82, 2.24) is 10.3 Å². The van der Waals surface area contributed by atoms with Crippen molar-refractivity contribution in [3.8, 4) is 0 Å². The van der Waals surface area contributed by atoms with E-state index >= 15 is 0 Å². The van der Waals surface area contributed by atoms with Crippen LogP contribution in [-0.2, 0) is 12.8 Å². The van der Waals surface area contributed by atoms with Crippen LogP contribution in [0.2, 0.25) is 0 Å². The second kappa shape index (κ2) is 9.40. The Balaban J connectivity index is 1.51. The van der Waals surface area contributed by atoms with Crippen molar-refractivity contribution in [2.45, 2.75) is 25.3 Å².